The van der Waals surface area contributed by atoms with Crippen LogP contribution in [0.25, 0.3) is 0 Å². The number of halogens is 1. The normalized spacial score (nSPS) is 10.1. The average molecular weight is 365 g/mol. The summed E-state index contributed by atoms with van der Waals surface area (Å²) >= 11 is 3.44. The van der Waals surface area contributed by atoms with Crippen molar-refractivity contribution in [1.82, 2.24) is 0 Å². The SMILES string of the molecule is CCc1ccc(OCc2c(Br)cccc2OC(=O)OC)cc1. The maximum atomic E-state index is 11.3. The van der Waals surface area contributed by atoms with Gasteiger partial charge in [0, 0.05) is 10.0 Å². The highest BCUT2D eigenvalue weighted by molar-refractivity contribution is 9.10. The number of rotatable bonds is 5. The van der Waals surface area contributed by atoms with Crippen LogP contribution in [0.3, 0.4) is 0 Å². The molecule has 5 heteroatoms. The van der Waals surface area contributed by atoms with Gasteiger partial charge in [0.2, 0.25) is 0 Å². The van der Waals surface area contributed by atoms with E-state index in [2.05, 4.69) is 27.6 Å². The molecule has 0 aliphatic carbocycles. The second-order valence-corrected chi connectivity index (χ2v) is 5.41. The van der Waals surface area contributed by atoms with Gasteiger partial charge in [0.25, 0.3) is 0 Å². The van der Waals surface area contributed by atoms with E-state index < -0.39 is 6.16 Å². The lowest BCUT2D eigenvalue weighted by Crippen LogP contribution is -2.10. The van der Waals surface area contributed by atoms with Crippen molar-refractivity contribution in [3.8, 4) is 11.5 Å². The van der Waals surface area contributed by atoms with Crippen molar-refractivity contribution in [2.75, 3.05) is 7.11 Å². The Bertz CT molecular complexity index is 638. The van der Waals surface area contributed by atoms with E-state index >= 15 is 0 Å². The van der Waals surface area contributed by atoms with Crippen LogP contribution in [0.4, 0.5) is 4.79 Å². The van der Waals surface area contributed by atoms with E-state index in [1.165, 1.54) is 12.7 Å². The Morgan fingerprint density at radius 3 is 2.50 bits per heavy atom. The third-order valence-electron chi connectivity index (χ3n) is 3.15. The van der Waals surface area contributed by atoms with Gasteiger partial charge < -0.3 is 14.2 Å². The number of ether oxygens (including phenoxy) is 3. The van der Waals surface area contributed by atoms with Crippen LogP contribution in [0.1, 0.15) is 18.1 Å². The predicted octanol–water partition coefficient (Wildman–Crippen LogP) is 4.74. The minimum absolute atomic E-state index is 0.277. The van der Waals surface area contributed by atoms with Gasteiger partial charge in [-0.05, 0) is 36.2 Å². The fourth-order valence-electron chi connectivity index (χ4n) is 1.88. The first-order chi connectivity index (χ1) is 10.6. The molecule has 2 rings (SSSR count). The first kappa shape index (κ1) is 16.4. The van der Waals surface area contributed by atoms with Crippen molar-refractivity contribution in [3.05, 3.63) is 58.1 Å². The van der Waals surface area contributed by atoms with Crippen LogP contribution in [0.5, 0.6) is 11.5 Å². The van der Waals surface area contributed by atoms with Crippen LogP contribution in [-0.4, -0.2) is 13.3 Å². The summed E-state index contributed by atoms with van der Waals surface area (Å²) in [5, 5.41) is 0. The molecule has 0 heterocycles. The molecule has 2 aromatic rings. The van der Waals surface area contributed by atoms with Gasteiger partial charge in [-0.25, -0.2) is 4.79 Å². The summed E-state index contributed by atoms with van der Waals surface area (Å²) in [7, 11) is 1.27. The van der Waals surface area contributed by atoms with Crippen molar-refractivity contribution in [3.63, 3.8) is 0 Å². The Labute approximate surface area is 138 Å². The Morgan fingerprint density at radius 1 is 1.14 bits per heavy atom. The average Bonchev–Trinajstić information content (AvgIpc) is 2.54. The maximum Gasteiger partial charge on any atom is 0.513 e. The Hall–Kier alpha value is -2.01. The number of carbonyl (C=O) groups excluding carboxylic acids is 1. The van der Waals surface area contributed by atoms with Crippen LogP contribution >= 0.6 is 15.9 Å². The first-order valence-corrected chi connectivity index (χ1v) is 7.68. The minimum Gasteiger partial charge on any atom is -0.489 e. The van der Waals surface area contributed by atoms with Crippen molar-refractivity contribution >= 4 is 22.1 Å². The van der Waals surface area contributed by atoms with E-state index in [1.54, 1.807) is 12.1 Å². The summed E-state index contributed by atoms with van der Waals surface area (Å²) in [6.07, 6.45) is 0.230. The third kappa shape index (κ3) is 4.24. The van der Waals surface area contributed by atoms with Gasteiger partial charge in [-0.1, -0.05) is 41.1 Å². The van der Waals surface area contributed by atoms with Crippen LogP contribution in [0.15, 0.2) is 46.9 Å². The standard InChI is InChI=1S/C17H17BrO4/c1-3-12-7-9-13(10-8-12)21-11-14-15(18)5-4-6-16(14)22-17(19)20-2/h4-10H,3,11H2,1-2H3. The van der Waals surface area contributed by atoms with Gasteiger partial charge in [-0.3, -0.25) is 0 Å². The Morgan fingerprint density at radius 2 is 1.86 bits per heavy atom. The number of aryl methyl sites for hydroxylation is 1. The second-order valence-electron chi connectivity index (χ2n) is 4.56. The quantitative estimate of drug-likeness (QED) is 0.567. The van der Waals surface area contributed by atoms with Crippen LogP contribution in [0.2, 0.25) is 0 Å². The molecular formula is C17H17BrO4. The molecule has 4 nitrogen and oxygen atoms in total. The van der Waals surface area contributed by atoms with E-state index in [1.807, 2.05) is 30.3 Å². The van der Waals surface area contributed by atoms with Gasteiger partial charge >= 0.3 is 6.16 Å². The van der Waals surface area contributed by atoms with Crippen molar-refractivity contribution < 1.29 is 19.0 Å². The summed E-state index contributed by atoms with van der Waals surface area (Å²) in [6, 6.07) is 13.3. The van der Waals surface area contributed by atoms with E-state index in [0.717, 1.165) is 22.2 Å². The monoisotopic (exact) mass is 364 g/mol. The zero-order valence-electron chi connectivity index (χ0n) is 12.5. The van der Waals surface area contributed by atoms with Gasteiger partial charge in [0.15, 0.2) is 0 Å². The molecule has 0 saturated heterocycles. The molecule has 116 valence electrons. The second kappa shape index (κ2) is 7.84. The lowest BCUT2D eigenvalue weighted by Gasteiger charge is -2.12. The number of carbonyl (C=O) groups is 1. The van der Waals surface area contributed by atoms with Gasteiger partial charge in [0.05, 0.1) is 7.11 Å². The topological polar surface area (TPSA) is 44.8 Å². The third-order valence-corrected chi connectivity index (χ3v) is 3.89. The molecule has 0 aliphatic rings. The van der Waals surface area contributed by atoms with Crippen LogP contribution in [0, 0.1) is 0 Å². The largest absolute Gasteiger partial charge is 0.513 e. The molecule has 0 fully saturated rings. The molecule has 22 heavy (non-hydrogen) atoms. The Kier molecular flexibility index (Phi) is 5.83. The molecule has 0 saturated carbocycles. The maximum absolute atomic E-state index is 11.3. The van der Waals surface area contributed by atoms with Gasteiger partial charge in [0.1, 0.15) is 18.1 Å². The summed E-state index contributed by atoms with van der Waals surface area (Å²) < 4.78 is 16.2. The van der Waals surface area contributed by atoms with Crippen LogP contribution in [-0.2, 0) is 17.8 Å². The van der Waals surface area contributed by atoms with E-state index in [9.17, 15) is 4.79 Å². The van der Waals surface area contributed by atoms with Crippen molar-refractivity contribution in [1.29, 1.82) is 0 Å². The van der Waals surface area contributed by atoms with E-state index in [-0.39, 0.29) is 6.61 Å². The number of benzene rings is 2. The zero-order chi connectivity index (χ0) is 15.9. The number of hydrogen-bond donors (Lipinski definition) is 0. The highest BCUT2D eigenvalue weighted by Gasteiger charge is 2.13. The molecule has 0 radical (unpaired) electrons. The molecule has 0 N–H and O–H groups in total. The molecule has 0 spiro atoms. The fraction of sp³-hybridized carbons (Fsp3) is 0.235. The molecule has 0 atom stereocenters. The molecule has 0 aliphatic heterocycles. The molecule has 0 amide bonds. The van der Waals surface area contributed by atoms with E-state index in [4.69, 9.17) is 9.47 Å². The highest BCUT2D eigenvalue weighted by atomic mass is 79.9. The zero-order valence-corrected chi connectivity index (χ0v) is 14.1. The first-order valence-electron chi connectivity index (χ1n) is 6.89. The fourth-order valence-corrected chi connectivity index (χ4v) is 2.35. The predicted molar refractivity (Wildman–Crippen MR) is 87.3 cm³/mol. The molecule has 0 aromatic heterocycles. The molecule has 0 bridgehead atoms. The Balaban J connectivity index is 2.12. The lowest BCUT2D eigenvalue weighted by atomic mass is 10.2. The molecule has 2 aromatic carbocycles. The van der Waals surface area contributed by atoms with Crippen molar-refractivity contribution in [2.24, 2.45) is 0 Å². The summed E-state index contributed by atoms with van der Waals surface area (Å²) in [5.41, 5.74) is 2.00. The summed E-state index contributed by atoms with van der Waals surface area (Å²) in [5.74, 6) is 1.17. The van der Waals surface area contributed by atoms with Crippen LogP contribution < -0.4 is 9.47 Å². The molecule has 0 unspecified atom stereocenters. The molecular weight excluding hydrogens is 348 g/mol. The van der Waals surface area contributed by atoms with Crippen molar-refractivity contribution in [2.45, 2.75) is 20.0 Å². The smallest absolute Gasteiger partial charge is 0.489 e. The summed E-state index contributed by atoms with van der Waals surface area (Å²) in [6.45, 7) is 2.38. The number of methoxy groups -OCH3 is 1. The van der Waals surface area contributed by atoms with E-state index in [0.29, 0.717) is 5.75 Å². The number of hydrogen-bond acceptors (Lipinski definition) is 4. The summed E-state index contributed by atoms with van der Waals surface area (Å²) in [4.78, 5) is 11.3. The van der Waals surface area contributed by atoms with Gasteiger partial charge in [-0.15, -0.1) is 0 Å². The highest BCUT2D eigenvalue weighted by Crippen LogP contribution is 2.28. The lowest BCUT2D eigenvalue weighted by molar-refractivity contribution is 0.120. The minimum atomic E-state index is -0.758. The van der Waals surface area contributed by atoms with Gasteiger partial charge in [-0.2, -0.15) is 0 Å².